The van der Waals surface area contributed by atoms with E-state index < -0.39 is 0 Å². The molecule has 6 nitrogen and oxygen atoms in total. The van der Waals surface area contributed by atoms with Crippen molar-refractivity contribution in [3.63, 3.8) is 0 Å². The number of carbonyl (C=O) groups excluding carboxylic acids is 2. The lowest BCUT2D eigenvalue weighted by atomic mass is 9.97. The lowest BCUT2D eigenvalue weighted by molar-refractivity contribution is -0.133. The third-order valence-corrected chi connectivity index (χ3v) is 6.04. The standard InChI is InChI=1S/C22H34N4O2/c1-18(27)26-12-6-10-20(16-26)22(28)23-11-7-13-25-15-14-24(2)17-21(25)19-8-4-3-5-9-19/h3-5,8-9,20-21H,6-7,10-17H2,1-2H3,(H,23,28)/t20-,21+/m0/s1. The Labute approximate surface area is 168 Å². The molecule has 2 atom stereocenters. The minimum Gasteiger partial charge on any atom is -0.356 e. The second kappa shape index (κ2) is 10.0. The summed E-state index contributed by atoms with van der Waals surface area (Å²) in [5, 5.41) is 3.10. The zero-order valence-electron chi connectivity index (χ0n) is 17.3. The van der Waals surface area contributed by atoms with Gasteiger partial charge in [0.1, 0.15) is 0 Å². The van der Waals surface area contributed by atoms with Crippen LogP contribution in [-0.4, -0.2) is 79.4 Å². The number of nitrogens with one attached hydrogen (secondary N) is 1. The average molecular weight is 387 g/mol. The number of hydrogen-bond donors (Lipinski definition) is 1. The molecular formula is C22H34N4O2. The van der Waals surface area contributed by atoms with E-state index in [1.54, 1.807) is 11.8 Å². The smallest absolute Gasteiger partial charge is 0.224 e. The fraction of sp³-hybridized carbons (Fsp3) is 0.636. The summed E-state index contributed by atoms with van der Waals surface area (Å²) in [6.07, 6.45) is 2.74. The molecule has 6 heteroatoms. The average Bonchev–Trinajstić information content (AvgIpc) is 2.72. The van der Waals surface area contributed by atoms with Crippen LogP contribution >= 0.6 is 0 Å². The molecule has 1 aromatic carbocycles. The molecule has 0 unspecified atom stereocenters. The Kier molecular flexibility index (Phi) is 7.45. The number of likely N-dealkylation sites (tertiary alicyclic amines) is 1. The Morgan fingerprint density at radius 2 is 1.89 bits per heavy atom. The quantitative estimate of drug-likeness (QED) is 0.757. The van der Waals surface area contributed by atoms with Gasteiger partial charge in [-0.2, -0.15) is 0 Å². The van der Waals surface area contributed by atoms with Crippen molar-refractivity contribution in [1.82, 2.24) is 20.0 Å². The van der Waals surface area contributed by atoms with Crippen LogP contribution in [0.25, 0.3) is 0 Å². The predicted octanol–water partition coefficient (Wildman–Crippen LogP) is 1.74. The number of likely N-dealkylation sites (N-methyl/N-ethyl adjacent to an activating group) is 1. The van der Waals surface area contributed by atoms with Crippen LogP contribution in [0.5, 0.6) is 0 Å². The van der Waals surface area contributed by atoms with E-state index in [1.807, 2.05) is 0 Å². The Balaban J connectivity index is 1.44. The second-order valence-corrected chi connectivity index (χ2v) is 8.17. The lowest BCUT2D eigenvalue weighted by Gasteiger charge is -2.40. The first kappa shape index (κ1) is 20.8. The molecule has 1 N–H and O–H groups in total. The van der Waals surface area contributed by atoms with Gasteiger partial charge in [0.25, 0.3) is 0 Å². The number of piperazine rings is 1. The summed E-state index contributed by atoms with van der Waals surface area (Å²) >= 11 is 0. The van der Waals surface area contributed by atoms with Crippen LogP contribution in [0.15, 0.2) is 30.3 Å². The molecule has 2 amide bonds. The van der Waals surface area contributed by atoms with Crippen molar-refractivity contribution < 1.29 is 9.59 Å². The molecule has 0 radical (unpaired) electrons. The molecule has 2 aliphatic heterocycles. The molecule has 154 valence electrons. The Morgan fingerprint density at radius 1 is 1.11 bits per heavy atom. The van der Waals surface area contributed by atoms with Crippen molar-refractivity contribution in [3.8, 4) is 0 Å². The molecule has 2 heterocycles. The van der Waals surface area contributed by atoms with Crippen molar-refractivity contribution >= 4 is 11.8 Å². The fourth-order valence-electron chi connectivity index (χ4n) is 4.33. The van der Waals surface area contributed by atoms with Gasteiger partial charge in [0.15, 0.2) is 0 Å². The topological polar surface area (TPSA) is 55.9 Å². The minimum atomic E-state index is -0.0571. The molecule has 3 rings (SSSR count). The van der Waals surface area contributed by atoms with Gasteiger partial charge in [0, 0.05) is 58.8 Å². The van der Waals surface area contributed by atoms with E-state index in [1.165, 1.54) is 5.56 Å². The highest BCUT2D eigenvalue weighted by Crippen LogP contribution is 2.24. The normalized spacial score (nSPS) is 24.1. The van der Waals surface area contributed by atoms with Crippen LogP contribution < -0.4 is 5.32 Å². The maximum absolute atomic E-state index is 12.5. The molecule has 0 saturated carbocycles. The van der Waals surface area contributed by atoms with E-state index in [2.05, 4.69) is 52.5 Å². The molecule has 2 aliphatic rings. The number of piperidine rings is 1. The van der Waals surface area contributed by atoms with Crippen molar-refractivity contribution in [3.05, 3.63) is 35.9 Å². The highest BCUT2D eigenvalue weighted by Gasteiger charge is 2.28. The largest absolute Gasteiger partial charge is 0.356 e. The van der Waals surface area contributed by atoms with Crippen LogP contribution in [0.1, 0.15) is 37.8 Å². The van der Waals surface area contributed by atoms with E-state index in [0.29, 0.717) is 19.1 Å². The Morgan fingerprint density at radius 3 is 2.64 bits per heavy atom. The van der Waals surface area contributed by atoms with E-state index in [-0.39, 0.29) is 17.7 Å². The first-order valence-electron chi connectivity index (χ1n) is 10.6. The summed E-state index contributed by atoms with van der Waals surface area (Å²) in [6.45, 7) is 7.79. The fourth-order valence-corrected chi connectivity index (χ4v) is 4.33. The van der Waals surface area contributed by atoms with Crippen LogP contribution in [0.4, 0.5) is 0 Å². The van der Waals surface area contributed by atoms with Gasteiger partial charge in [-0.1, -0.05) is 30.3 Å². The van der Waals surface area contributed by atoms with Gasteiger partial charge in [-0.25, -0.2) is 0 Å². The summed E-state index contributed by atoms with van der Waals surface area (Å²) in [5.74, 6) is 0.113. The third-order valence-electron chi connectivity index (χ3n) is 6.04. The molecule has 0 spiro atoms. The van der Waals surface area contributed by atoms with Crippen LogP contribution in [0, 0.1) is 5.92 Å². The number of hydrogen-bond acceptors (Lipinski definition) is 4. The first-order valence-corrected chi connectivity index (χ1v) is 10.6. The van der Waals surface area contributed by atoms with Gasteiger partial charge in [-0.3, -0.25) is 14.5 Å². The van der Waals surface area contributed by atoms with Gasteiger partial charge in [-0.05, 0) is 31.9 Å². The molecule has 0 aromatic heterocycles. The van der Waals surface area contributed by atoms with Crippen molar-refractivity contribution in [2.45, 2.75) is 32.2 Å². The number of nitrogens with zero attached hydrogens (tertiary/aromatic N) is 3. The molecule has 2 saturated heterocycles. The number of amides is 2. The molecule has 1 aromatic rings. The molecule has 28 heavy (non-hydrogen) atoms. The maximum atomic E-state index is 12.5. The van der Waals surface area contributed by atoms with Crippen molar-refractivity contribution in [1.29, 1.82) is 0 Å². The van der Waals surface area contributed by atoms with Crippen LogP contribution in [0.3, 0.4) is 0 Å². The van der Waals surface area contributed by atoms with Gasteiger partial charge in [0.05, 0.1) is 5.92 Å². The summed E-state index contributed by atoms with van der Waals surface area (Å²) in [7, 11) is 2.18. The van der Waals surface area contributed by atoms with Crippen molar-refractivity contribution in [2.75, 3.05) is 52.9 Å². The predicted molar refractivity (Wildman–Crippen MR) is 111 cm³/mol. The second-order valence-electron chi connectivity index (χ2n) is 8.17. The Bertz CT molecular complexity index is 651. The molecule has 2 fully saturated rings. The summed E-state index contributed by atoms with van der Waals surface area (Å²) in [6, 6.07) is 11.1. The maximum Gasteiger partial charge on any atom is 0.224 e. The summed E-state index contributed by atoms with van der Waals surface area (Å²) < 4.78 is 0. The lowest BCUT2D eigenvalue weighted by Crippen LogP contribution is -2.48. The van der Waals surface area contributed by atoms with Gasteiger partial charge in [-0.15, -0.1) is 0 Å². The van der Waals surface area contributed by atoms with Crippen molar-refractivity contribution in [2.24, 2.45) is 5.92 Å². The molecular weight excluding hydrogens is 352 g/mol. The third kappa shape index (κ3) is 5.55. The SMILES string of the molecule is CC(=O)N1CCC[C@H](C(=O)NCCCN2CCN(C)C[C@@H]2c2ccccc2)C1. The summed E-state index contributed by atoms with van der Waals surface area (Å²) in [5.41, 5.74) is 1.37. The van der Waals surface area contributed by atoms with Gasteiger partial charge in [0.2, 0.25) is 11.8 Å². The van der Waals surface area contributed by atoms with E-state index in [4.69, 9.17) is 0 Å². The van der Waals surface area contributed by atoms with E-state index >= 15 is 0 Å². The van der Waals surface area contributed by atoms with E-state index in [9.17, 15) is 9.59 Å². The highest BCUT2D eigenvalue weighted by atomic mass is 16.2. The van der Waals surface area contributed by atoms with Gasteiger partial charge >= 0.3 is 0 Å². The van der Waals surface area contributed by atoms with Crippen LogP contribution in [-0.2, 0) is 9.59 Å². The van der Waals surface area contributed by atoms with Gasteiger partial charge < -0.3 is 15.1 Å². The summed E-state index contributed by atoms with van der Waals surface area (Å²) in [4.78, 5) is 30.8. The number of benzene rings is 1. The Hall–Kier alpha value is -1.92. The highest BCUT2D eigenvalue weighted by molar-refractivity contribution is 5.80. The first-order chi connectivity index (χ1) is 13.5. The minimum absolute atomic E-state index is 0.0571. The molecule has 0 aliphatic carbocycles. The monoisotopic (exact) mass is 386 g/mol. The van der Waals surface area contributed by atoms with Crippen LogP contribution in [0.2, 0.25) is 0 Å². The zero-order chi connectivity index (χ0) is 19.9. The number of carbonyl (C=O) groups is 2. The van der Waals surface area contributed by atoms with E-state index in [0.717, 1.165) is 52.0 Å². The zero-order valence-corrected chi connectivity index (χ0v) is 17.3. The number of rotatable bonds is 6. The molecule has 0 bridgehead atoms.